The van der Waals surface area contributed by atoms with Gasteiger partial charge in [0.05, 0.1) is 13.0 Å². The second-order valence-corrected chi connectivity index (χ2v) is 5.88. The summed E-state index contributed by atoms with van der Waals surface area (Å²) in [6.07, 6.45) is 2.21. The van der Waals surface area contributed by atoms with E-state index in [4.69, 9.17) is 9.47 Å². The van der Waals surface area contributed by atoms with E-state index < -0.39 is 5.60 Å². The van der Waals surface area contributed by atoms with Crippen LogP contribution in [-0.4, -0.2) is 30.1 Å². The molecule has 0 aromatic heterocycles. The summed E-state index contributed by atoms with van der Waals surface area (Å²) in [6, 6.07) is 0. The fourth-order valence-electron chi connectivity index (χ4n) is 2.07. The molecule has 1 saturated heterocycles. The molecular formula is C14H24O4. The van der Waals surface area contributed by atoms with E-state index in [1.165, 1.54) is 0 Å². The number of carbonyl (C=O) groups excluding carboxylic acids is 2. The second kappa shape index (κ2) is 6.32. The lowest BCUT2D eigenvalue weighted by atomic mass is 9.93. The lowest BCUT2D eigenvalue weighted by molar-refractivity contribution is -0.158. The van der Waals surface area contributed by atoms with E-state index >= 15 is 0 Å². The SMILES string of the molecule is CCC(=O)[C@@H]1CC[C@@H](CC(=O)OC(C)(C)C)CO1. The number of ketones is 1. The van der Waals surface area contributed by atoms with Crippen LogP contribution in [0.2, 0.25) is 0 Å². The summed E-state index contributed by atoms with van der Waals surface area (Å²) < 4.78 is 10.8. The van der Waals surface area contributed by atoms with Gasteiger partial charge in [-0.05, 0) is 39.5 Å². The molecule has 0 saturated carbocycles. The monoisotopic (exact) mass is 256 g/mol. The third-order valence-electron chi connectivity index (χ3n) is 2.95. The Morgan fingerprint density at radius 2 is 1.94 bits per heavy atom. The topological polar surface area (TPSA) is 52.6 Å². The van der Waals surface area contributed by atoms with Crippen LogP contribution in [-0.2, 0) is 19.1 Å². The molecule has 0 bridgehead atoms. The summed E-state index contributed by atoms with van der Waals surface area (Å²) in [5.41, 5.74) is -0.437. The van der Waals surface area contributed by atoms with Crippen LogP contribution in [0.4, 0.5) is 0 Å². The highest BCUT2D eigenvalue weighted by Gasteiger charge is 2.28. The van der Waals surface area contributed by atoms with Gasteiger partial charge in [-0.1, -0.05) is 6.92 Å². The van der Waals surface area contributed by atoms with Crippen molar-refractivity contribution in [2.75, 3.05) is 6.61 Å². The summed E-state index contributed by atoms with van der Waals surface area (Å²) in [6.45, 7) is 7.91. The van der Waals surface area contributed by atoms with Gasteiger partial charge in [0.1, 0.15) is 11.7 Å². The molecule has 0 aliphatic carbocycles. The zero-order chi connectivity index (χ0) is 13.8. The molecule has 104 valence electrons. The normalized spacial score (nSPS) is 24.7. The fraction of sp³-hybridized carbons (Fsp3) is 0.857. The molecule has 0 amide bonds. The van der Waals surface area contributed by atoms with E-state index in [2.05, 4.69) is 0 Å². The van der Waals surface area contributed by atoms with Gasteiger partial charge < -0.3 is 9.47 Å². The standard InChI is InChI=1S/C14H24O4/c1-5-11(15)12-7-6-10(9-17-12)8-13(16)18-14(2,3)4/h10,12H,5-9H2,1-4H3/t10-,12-/m0/s1. The maximum atomic E-state index is 11.7. The van der Waals surface area contributed by atoms with Gasteiger partial charge in [-0.2, -0.15) is 0 Å². The highest BCUT2D eigenvalue weighted by molar-refractivity contribution is 5.82. The minimum Gasteiger partial charge on any atom is -0.460 e. The Labute approximate surface area is 109 Å². The van der Waals surface area contributed by atoms with Crippen LogP contribution in [0, 0.1) is 5.92 Å². The zero-order valence-corrected chi connectivity index (χ0v) is 11.8. The van der Waals surface area contributed by atoms with Gasteiger partial charge in [0.15, 0.2) is 5.78 Å². The number of rotatable bonds is 4. The number of hydrogen-bond acceptors (Lipinski definition) is 4. The van der Waals surface area contributed by atoms with Gasteiger partial charge in [0.2, 0.25) is 0 Å². The van der Waals surface area contributed by atoms with Crippen molar-refractivity contribution < 1.29 is 19.1 Å². The Hall–Kier alpha value is -0.900. The molecule has 1 fully saturated rings. The fourth-order valence-corrected chi connectivity index (χ4v) is 2.07. The molecule has 0 N–H and O–H groups in total. The maximum Gasteiger partial charge on any atom is 0.306 e. The second-order valence-electron chi connectivity index (χ2n) is 5.88. The highest BCUT2D eigenvalue weighted by Crippen LogP contribution is 2.24. The van der Waals surface area contributed by atoms with Crippen molar-refractivity contribution in [3.8, 4) is 0 Å². The highest BCUT2D eigenvalue weighted by atomic mass is 16.6. The van der Waals surface area contributed by atoms with Crippen LogP contribution < -0.4 is 0 Å². The minimum atomic E-state index is -0.437. The van der Waals surface area contributed by atoms with E-state index in [1.54, 1.807) is 0 Å². The van der Waals surface area contributed by atoms with Crippen molar-refractivity contribution in [3.05, 3.63) is 0 Å². The van der Waals surface area contributed by atoms with Crippen molar-refractivity contribution in [2.45, 2.75) is 65.1 Å². The molecule has 0 aromatic rings. The van der Waals surface area contributed by atoms with Crippen LogP contribution in [0.3, 0.4) is 0 Å². The van der Waals surface area contributed by atoms with Crippen LogP contribution in [0.5, 0.6) is 0 Å². The van der Waals surface area contributed by atoms with Crippen molar-refractivity contribution in [1.82, 2.24) is 0 Å². The third-order valence-corrected chi connectivity index (χ3v) is 2.95. The Morgan fingerprint density at radius 3 is 2.39 bits per heavy atom. The van der Waals surface area contributed by atoms with Crippen molar-refractivity contribution in [2.24, 2.45) is 5.92 Å². The Morgan fingerprint density at radius 1 is 1.28 bits per heavy atom. The first-order valence-electron chi connectivity index (χ1n) is 6.68. The summed E-state index contributed by atoms with van der Waals surface area (Å²) in [5.74, 6) is 0.155. The van der Waals surface area contributed by atoms with Crippen LogP contribution >= 0.6 is 0 Å². The maximum absolute atomic E-state index is 11.7. The van der Waals surface area contributed by atoms with Gasteiger partial charge in [-0.3, -0.25) is 9.59 Å². The first-order chi connectivity index (χ1) is 8.31. The average Bonchev–Trinajstić information content (AvgIpc) is 2.26. The number of ether oxygens (including phenoxy) is 2. The number of Topliss-reactive ketones (excluding diaryl/α,β-unsaturated/α-hetero) is 1. The van der Waals surface area contributed by atoms with Gasteiger partial charge in [-0.15, -0.1) is 0 Å². The smallest absolute Gasteiger partial charge is 0.306 e. The number of hydrogen-bond donors (Lipinski definition) is 0. The molecule has 18 heavy (non-hydrogen) atoms. The van der Waals surface area contributed by atoms with E-state index in [9.17, 15) is 9.59 Å². The first kappa shape index (κ1) is 15.2. The zero-order valence-electron chi connectivity index (χ0n) is 11.8. The Balaban J connectivity index is 2.31. The molecular weight excluding hydrogens is 232 g/mol. The van der Waals surface area contributed by atoms with Crippen molar-refractivity contribution in [3.63, 3.8) is 0 Å². The predicted octanol–water partition coefficient (Wildman–Crippen LogP) is 2.49. The lowest BCUT2D eigenvalue weighted by Crippen LogP contribution is -2.34. The summed E-state index contributed by atoms with van der Waals surface area (Å²) in [7, 11) is 0. The van der Waals surface area contributed by atoms with Crippen LogP contribution in [0.15, 0.2) is 0 Å². The van der Waals surface area contributed by atoms with Gasteiger partial charge in [-0.25, -0.2) is 0 Å². The number of carbonyl (C=O) groups is 2. The molecule has 4 nitrogen and oxygen atoms in total. The molecule has 1 heterocycles. The van der Waals surface area contributed by atoms with Crippen molar-refractivity contribution in [1.29, 1.82) is 0 Å². The molecule has 0 unspecified atom stereocenters. The molecule has 4 heteroatoms. The van der Waals surface area contributed by atoms with E-state index in [-0.39, 0.29) is 23.8 Å². The molecule has 0 aromatic carbocycles. The van der Waals surface area contributed by atoms with Gasteiger partial charge in [0.25, 0.3) is 0 Å². The molecule has 0 radical (unpaired) electrons. The summed E-state index contributed by atoms with van der Waals surface area (Å²) in [4.78, 5) is 23.1. The minimum absolute atomic E-state index is 0.158. The lowest BCUT2D eigenvalue weighted by Gasteiger charge is -2.28. The van der Waals surface area contributed by atoms with E-state index in [0.717, 1.165) is 12.8 Å². The van der Waals surface area contributed by atoms with Crippen LogP contribution in [0.1, 0.15) is 53.4 Å². The van der Waals surface area contributed by atoms with Crippen LogP contribution in [0.25, 0.3) is 0 Å². The molecule has 1 aliphatic heterocycles. The average molecular weight is 256 g/mol. The number of esters is 1. The molecule has 0 spiro atoms. The quantitative estimate of drug-likeness (QED) is 0.725. The van der Waals surface area contributed by atoms with Gasteiger partial charge in [0, 0.05) is 6.42 Å². The molecule has 1 rings (SSSR count). The van der Waals surface area contributed by atoms with Crippen molar-refractivity contribution >= 4 is 11.8 Å². The molecule has 2 atom stereocenters. The third kappa shape index (κ3) is 5.17. The predicted molar refractivity (Wildman–Crippen MR) is 68.2 cm³/mol. The Bertz CT molecular complexity index is 295. The van der Waals surface area contributed by atoms with E-state index in [0.29, 0.717) is 19.4 Å². The van der Waals surface area contributed by atoms with Gasteiger partial charge >= 0.3 is 5.97 Å². The first-order valence-corrected chi connectivity index (χ1v) is 6.68. The molecule has 1 aliphatic rings. The summed E-state index contributed by atoms with van der Waals surface area (Å²) >= 11 is 0. The summed E-state index contributed by atoms with van der Waals surface area (Å²) in [5, 5.41) is 0. The van der Waals surface area contributed by atoms with E-state index in [1.807, 2.05) is 27.7 Å². The Kier molecular flexibility index (Phi) is 5.32. The largest absolute Gasteiger partial charge is 0.460 e.